The molecule has 1 aliphatic rings. The Morgan fingerprint density at radius 2 is 2.03 bits per heavy atom. The summed E-state index contributed by atoms with van der Waals surface area (Å²) in [5.41, 5.74) is 1.25. The van der Waals surface area contributed by atoms with Crippen LogP contribution in [0.25, 0.3) is 11.3 Å². The third-order valence-electron chi connectivity index (χ3n) is 4.31. The minimum Gasteiger partial charge on any atom is -0.484 e. The highest BCUT2D eigenvalue weighted by atomic mass is 32.2. The Balaban J connectivity index is 1.44. The van der Waals surface area contributed by atoms with Crippen LogP contribution in [0.1, 0.15) is 5.56 Å². The maximum Gasteiger partial charge on any atom is 0.416 e. The Morgan fingerprint density at radius 1 is 1.21 bits per heavy atom. The number of fused-ring (bicyclic) bond motifs is 1. The lowest BCUT2D eigenvalue weighted by Crippen LogP contribution is -2.20. The summed E-state index contributed by atoms with van der Waals surface area (Å²) >= 11 is 1.68. The molecule has 0 unspecified atom stereocenters. The maximum absolute atomic E-state index is 12.8. The fourth-order valence-electron chi connectivity index (χ4n) is 2.95. The molecule has 3 aromatic rings. The van der Waals surface area contributed by atoms with Crippen LogP contribution in [-0.2, 0) is 17.5 Å². The molecule has 2 heterocycles. The monoisotopic (exact) mass is 419 g/mol. The van der Waals surface area contributed by atoms with Crippen LogP contribution in [0.2, 0.25) is 0 Å². The van der Waals surface area contributed by atoms with Gasteiger partial charge in [-0.25, -0.2) is 4.98 Å². The fourth-order valence-corrected chi connectivity index (χ4v) is 3.90. The van der Waals surface area contributed by atoms with Gasteiger partial charge in [0.15, 0.2) is 11.8 Å². The van der Waals surface area contributed by atoms with Crippen molar-refractivity contribution < 1.29 is 22.7 Å². The number of hydrogen-bond acceptors (Lipinski definition) is 4. The number of carbonyl (C=O) groups excluding carboxylic acids is 1. The maximum atomic E-state index is 12.8. The van der Waals surface area contributed by atoms with E-state index in [1.54, 1.807) is 23.9 Å². The first-order valence-electron chi connectivity index (χ1n) is 8.79. The minimum atomic E-state index is -4.47. The van der Waals surface area contributed by atoms with Crippen molar-refractivity contribution in [1.82, 2.24) is 9.55 Å². The summed E-state index contributed by atoms with van der Waals surface area (Å²) in [6.07, 6.45) is -2.52. The Labute approximate surface area is 168 Å². The average molecular weight is 419 g/mol. The van der Waals surface area contributed by atoms with Crippen LogP contribution in [0.15, 0.2) is 59.9 Å². The van der Waals surface area contributed by atoms with E-state index in [0.717, 1.165) is 40.8 Å². The smallest absolute Gasteiger partial charge is 0.416 e. The fraction of sp³-hybridized carbons (Fsp3) is 0.200. The summed E-state index contributed by atoms with van der Waals surface area (Å²) in [4.78, 5) is 16.9. The summed E-state index contributed by atoms with van der Waals surface area (Å²) in [6, 6.07) is 11.7. The van der Waals surface area contributed by atoms with E-state index in [1.165, 1.54) is 12.1 Å². The molecule has 0 atom stereocenters. The highest BCUT2D eigenvalue weighted by Crippen LogP contribution is 2.33. The van der Waals surface area contributed by atoms with Crippen molar-refractivity contribution in [1.29, 1.82) is 0 Å². The van der Waals surface area contributed by atoms with Gasteiger partial charge in [0, 0.05) is 24.1 Å². The van der Waals surface area contributed by atoms with Gasteiger partial charge in [0.05, 0.1) is 16.9 Å². The molecule has 0 saturated carbocycles. The Bertz CT molecular complexity index is 1030. The van der Waals surface area contributed by atoms with E-state index >= 15 is 0 Å². The number of amides is 1. The van der Waals surface area contributed by atoms with Gasteiger partial charge in [0.1, 0.15) is 5.75 Å². The van der Waals surface area contributed by atoms with E-state index in [2.05, 4.69) is 14.9 Å². The summed E-state index contributed by atoms with van der Waals surface area (Å²) in [5, 5.41) is 3.69. The first kappa shape index (κ1) is 19.4. The van der Waals surface area contributed by atoms with E-state index < -0.39 is 24.3 Å². The molecule has 0 bridgehead atoms. The van der Waals surface area contributed by atoms with Gasteiger partial charge in [-0.2, -0.15) is 13.2 Å². The highest BCUT2D eigenvalue weighted by molar-refractivity contribution is 7.99. The number of alkyl halides is 3. The second kappa shape index (κ2) is 7.82. The lowest BCUT2D eigenvalue weighted by Gasteiger charge is -2.12. The number of anilines is 1. The van der Waals surface area contributed by atoms with Crippen molar-refractivity contribution in [2.45, 2.75) is 17.9 Å². The van der Waals surface area contributed by atoms with Crippen LogP contribution in [0.3, 0.4) is 0 Å². The molecule has 0 fully saturated rings. The van der Waals surface area contributed by atoms with Crippen molar-refractivity contribution in [3.63, 3.8) is 0 Å². The number of nitrogens with one attached hydrogen (secondary N) is 1. The van der Waals surface area contributed by atoms with Gasteiger partial charge in [0.25, 0.3) is 5.91 Å². The number of aromatic nitrogens is 2. The first-order chi connectivity index (χ1) is 13.9. The third kappa shape index (κ3) is 4.40. The Hall–Kier alpha value is -2.94. The van der Waals surface area contributed by atoms with Crippen molar-refractivity contribution in [2.75, 3.05) is 17.7 Å². The van der Waals surface area contributed by atoms with Crippen LogP contribution < -0.4 is 10.1 Å². The number of hydrogen-bond donors (Lipinski definition) is 1. The lowest BCUT2D eigenvalue weighted by molar-refractivity contribution is -0.137. The Kier molecular flexibility index (Phi) is 5.23. The number of benzene rings is 2. The molecule has 4 rings (SSSR count). The van der Waals surface area contributed by atoms with Gasteiger partial charge in [-0.1, -0.05) is 36.0 Å². The largest absolute Gasteiger partial charge is 0.484 e. The van der Waals surface area contributed by atoms with Gasteiger partial charge in [-0.15, -0.1) is 0 Å². The zero-order chi connectivity index (χ0) is 20.4. The number of thioether (sulfide) groups is 1. The standard InChI is InChI=1S/C20H16F3N3O2S/c21-20(22,23)13-4-3-5-14(10-13)28-12-18(27)24-16-7-2-1-6-15(16)17-11-26-8-9-29-19(26)25-17/h1-7,10-11H,8-9,12H2,(H,24,27). The molecule has 2 aromatic carbocycles. The SMILES string of the molecule is O=C(COc1cccc(C(F)(F)F)c1)Nc1ccccc1-c1cn2c(n1)SCC2. The number of rotatable bonds is 5. The van der Waals surface area contributed by atoms with Gasteiger partial charge in [-0.05, 0) is 24.3 Å². The minimum absolute atomic E-state index is 0.0224. The predicted octanol–water partition coefficient (Wildman–Crippen LogP) is 4.69. The molecule has 0 spiro atoms. The molecular weight excluding hydrogens is 403 g/mol. The lowest BCUT2D eigenvalue weighted by atomic mass is 10.1. The van der Waals surface area contributed by atoms with Gasteiger partial charge >= 0.3 is 6.18 Å². The quantitative estimate of drug-likeness (QED) is 0.652. The topological polar surface area (TPSA) is 56.1 Å². The van der Waals surface area contributed by atoms with E-state index in [9.17, 15) is 18.0 Å². The summed E-state index contributed by atoms with van der Waals surface area (Å²) in [7, 11) is 0. The van der Waals surface area contributed by atoms with Crippen LogP contribution >= 0.6 is 11.8 Å². The van der Waals surface area contributed by atoms with Crippen molar-refractivity contribution in [2.24, 2.45) is 0 Å². The van der Waals surface area contributed by atoms with Gasteiger partial charge < -0.3 is 14.6 Å². The molecule has 0 saturated heterocycles. The number of imidazole rings is 1. The summed E-state index contributed by atoms with van der Waals surface area (Å²) < 4.78 is 45.6. The molecule has 5 nitrogen and oxygen atoms in total. The summed E-state index contributed by atoms with van der Waals surface area (Å²) in [5.74, 6) is 0.496. The second-order valence-electron chi connectivity index (χ2n) is 6.36. The van der Waals surface area contributed by atoms with Gasteiger partial charge in [0.2, 0.25) is 0 Å². The number of ether oxygens (including phenoxy) is 1. The second-order valence-corrected chi connectivity index (χ2v) is 7.42. The Morgan fingerprint density at radius 3 is 2.83 bits per heavy atom. The van der Waals surface area contributed by atoms with Crippen molar-refractivity contribution >= 4 is 23.4 Å². The molecule has 1 N–H and O–H groups in total. The average Bonchev–Trinajstić information content (AvgIpc) is 3.28. The van der Waals surface area contributed by atoms with E-state index in [4.69, 9.17) is 4.74 Å². The molecule has 0 radical (unpaired) electrons. The first-order valence-corrected chi connectivity index (χ1v) is 9.78. The molecule has 1 amide bonds. The number of carbonyl (C=O) groups is 1. The third-order valence-corrected chi connectivity index (χ3v) is 5.28. The highest BCUT2D eigenvalue weighted by Gasteiger charge is 2.30. The van der Waals surface area contributed by atoms with Crippen molar-refractivity contribution in [3.8, 4) is 17.0 Å². The van der Waals surface area contributed by atoms with Crippen LogP contribution in [0.4, 0.5) is 18.9 Å². The van der Waals surface area contributed by atoms with E-state index in [0.29, 0.717) is 5.69 Å². The predicted molar refractivity (Wildman–Crippen MR) is 104 cm³/mol. The van der Waals surface area contributed by atoms with Gasteiger partial charge in [-0.3, -0.25) is 4.79 Å². The molecule has 9 heteroatoms. The number of nitrogens with zero attached hydrogens (tertiary/aromatic N) is 2. The number of halogens is 3. The van der Waals surface area contributed by atoms with E-state index in [1.807, 2.05) is 18.3 Å². The molecule has 150 valence electrons. The molecular formula is C20H16F3N3O2S. The number of aryl methyl sites for hydroxylation is 1. The molecule has 1 aromatic heterocycles. The molecule has 1 aliphatic heterocycles. The van der Waals surface area contributed by atoms with E-state index in [-0.39, 0.29) is 5.75 Å². The van der Waals surface area contributed by atoms with Crippen LogP contribution in [0, 0.1) is 0 Å². The zero-order valence-electron chi connectivity index (χ0n) is 15.1. The molecule has 0 aliphatic carbocycles. The normalized spacial score (nSPS) is 13.2. The number of para-hydroxylation sites is 1. The van der Waals surface area contributed by atoms with Crippen LogP contribution in [0.5, 0.6) is 5.75 Å². The van der Waals surface area contributed by atoms with Crippen LogP contribution in [-0.4, -0.2) is 27.8 Å². The molecule has 29 heavy (non-hydrogen) atoms. The zero-order valence-corrected chi connectivity index (χ0v) is 15.9. The van der Waals surface area contributed by atoms with Crippen molar-refractivity contribution in [3.05, 3.63) is 60.3 Å². The summed E-state index contributed by atoms with van der Waals surface area (Å²) in [6.45, 7) is 0.484.